The molecule has 0 saturated heterocycles. The molecule has 0 bridgehead atoms. The van der Waals surface area contributed by atoms with Crippen molar-refractivity contribution in [2.75, 3.05) is 4.90 Å². The summed E-state index contributed by atoms with van der Waals surface area (Å²) in [6.45, 7) is 0. The third-order valence-electron chi connectivity index (χ3n) is 15.5. The van der Waals surface area contributed by atoms with Gasteiger partial charge in [-0.1, -0.05) is 224 Å². The summed E-state index contributed by atoms with van der Waals surface area (Å²) in [7, 11) is 0. The Kier molecular flexibility index (Phi) is 9.69. The number of furan rings is 1. The predicted octanol–water partition coefficient (Wildman–Crippen LogP) is 18.0. The second-order valence-electron chi connectivity index (χ2n) is 19.2. The van der Waals surface area contributed by atoms with Crippen LogP contribution in [0.15, 0.2) is 290 Å². The zero-order chi connectivity index (χ0) is 47.6. The lowest BCUT2D eigenvalue weighted by atomic mass is 9.67. The van der Waals surface area contributed by atoms with Crippen molar-refractivity contribution in [1.82, 2.24) is 0 Å². The Balaban J connectivity index is 0.864. The molecule has 0 radical (unpaired) electrons. The van der Waals surface area contributed by atoms with Gasteiger partial charge in [-0.3, -0.25) is 0 Å². The van der Waals surface area contributed by atoms with Crippen LogP contribution in [0.2, 0.25) is 0 Å². The van der Waals surface area contributed by atoms with Crippen LogP contribution in [-0.2, 0) is 10.8 Å². The maximum atomic E-state index is 5.85. The number of fused-ring (bicyclic) bond motifs is 7. The first kappa shape index (κ1) is 41.7. The number of anilines is 3. The molecule has 1 aromatic heterocycles. The molecule has 12 aromatic rings. The smallest absolute Gasteiger partial charge is 0.133 e. The molecule has 0 aliphatic heterocycles. The molecule has 0 amide bonds. The maximum absolute atomic E-state index is 5.85. The molecule has 11 aromatic carbocycles. The molecule has 338 valence electrons. The minimum atomic E-state index is -0.473. The van der Waals surface area contributed by atoms with E-state index in [4.69, 9.17) is 4.42 Å². The van der Waals surface area contributed by atoms with Crippen molar-refractivity contribution in [2.45, 2.75) is 10.8 Å². The van der Waals surface area contributed by atoms with Crippen molar-refractivity contribution in [2.24, 2.45) is 0 Å². The Bertz CT molecular complexity index is 3890. The summed E-state index contributed by atoms with van der Waals surface area (Å²) in [6, 6.07) is 103. The highest BCUT2D eigenvalue weighted by atomic mass is 16.3. The van der Waals surface area contributed by atoms with Gasteiger partial charge < -0.3 is 9.32 Å². The topological polar surface area (TPSA) is 16.4 Å². The fourth-order valence-electron chi connectivity index (χ4n) is 12.4. The third-order valence-corrected chi connectivity index (χ3v) is 15.5. The Morgan fingerprint density at radius 1 is 0.264 bits per heavy atom. The first-order chi connectivity index (χ1) is 35.7. The predicted molar refractivity (Wildman–Crippen MR) is 296 cm³/mol. The largest absolute Gasteiger partial charge is 0.464 e. The third kappa shape index (κ3) is 6.29. The lowest BCUT2D eigenvalue weighted by Gasteiger charge is -2.34. The number of hydrogen-bond acceptors (Lipinski definition) is 2. The van der Waals surface area contributed by atoms with Crippen LogP contribution in [-0.4, -0.2) is 0 Å². The van der Waals surface area contributed by atoms with Crippen molar-refractivity contribution < 1.29 is 4.42 Å². The molecule has 2 heteroatoms. The van der Waals surface area contributed by atoms with Crippen LogP contribution in [0.3, 0.4) is 0 Å². The van der Waals surface area contributed by atoms with Gasteiger partial charge in [0, 0.05) is 22.4 Å². The summed E-state index contributed by atoms with van der Waals surface area (Å²) >= 11 is 0. The van der Waals surface area contributed by atoms with Crippen LogP contribution in [0.4, 0.5) is 17.1 Å². The zero-order valence-electron chi connectivity index (χ0n) is 39.5. The van der Waals surface area contributed by atoms with Crippen molar-refractivity contribution >= 4 is 28.0 Å². The van der Waals surface area contributed by atoms with E-state index in [1.165, 1.54) is 77.9 Å². The summed E-state index contributed by atoms with van der Waals surface area (Å²) in [5.74, 6) is 0. The minimum absolute atomic E-state index is 0.417. The Morgan fingerprint density at radius 2 is 0.681 bits per heavy atom. The standard InChI is InChI=1S/C70H47NO/c1-5-19-53(20-6-1)69(54-21-7-2-8-22-54)64-30-15-13-28-60(64)62-46-51(36-39-66(62)69)49-34-32-48(33-35-49)50-18-17-27-57(44-50)71(58-38-41-68-52(45-58)42-43-72-68)59-37-40-67-63(47-59)61-29-14-16-31-65(61)70(67,55-23-9-3-10-24-55)56-25-11-4-12-26-56/h1-47H. The molecule has 0 unspecified atom stereocenters. The first-order valence-electron chi connectivity index (χ1n) is 24.9. The lowest BCUT2D eigenvalue weighted by Crippen LogP contribution is -2.28. The molecule has 0 spiro atoms. The molecule has 14 rings (SSSR count). The van der Waals surface area contributed by atoms with Crippen LogP contribution in [0.1, 0.15) is 44.5 Å². The molecule has 0 saturated carbocycles. The van der Waals surface area contributed by atoms with Gasteiger partial charge in [0.05, 0.1) is 17.1 Å². The van der Waals surface area contributed by atoms with E-state index in [2.05, 4.69) is 278 Å². The Morgan fingerprint density at radius 3 is 1.24 bits per heavy atom. The minimum Gasteiger partial charge on any atom is -0.464 e. The molecular weight excluding hydrogens is 871 g/mol. The van der Waals surface area contributed by atoms with Gasteiger partial charge in [0.25, 0.3) is 0 Å². The SMILES string of the molecule is c1ccc(C2(c3ccccc3)c3ccccc3-c3cc(-c4ccc(-c5cccc(N(c6ccc7c(c6)-c6ccccc6C7(c6ccccc6)c6ccccc6)c6ccc7occc7c6)c5)cc4)ccc32)cc1. The second-order valence-corrected chi connectivity index (χ2v) is 19.2. The van der Waals surface area contributed by atoms with Crippen molar-refractivity contribution in [3.05, 3.63) is 330 Å². The van der Waals surface area contributed by atoms with Gasteiger partial charge in [-0.05, 0) is 144 Å². The van der Waals surface area contributed by atoms with Crippen molar-refractivity contribution in [1.29, 1.82) is 0 Å². The van der Waals surface area contributed by atoms with E-state index in [-0.39, 0.29) is 0 Å². The van der Waals surface area contributed by atoms with Crippen LogP contribution < -0.4 is 4.90 Å². The van der Waals surface area contributed by atoms with E-state index in [1.54, 1.807) is 6.26 Å². The number of benzene rings is 11. The number of nitrogens with zero attached hydrogens (tertiary/aromatic N) is 1. The van der Waals surface area contributed by atoms with E-state index >= 15 is 0 Å². The van der Waals surface area contributed by atoms with Gasteiger partial charge in [0.15, 0.2) is 0 Å². The van der Waals surface area contributed by atoms with E-state index < -0.39 is 10.8 Å². The fraction of sp³-hybridized carbons (Fsp3) is 0.0286. The van der Waals surface area contributed by atoms with Crippen LogP contribution in [0, 0.1) is 0 Å². The Hall–Kier alpha value is -9.24. The van der Waals surface area contributed by atoms with E-state index in [1.807, 2.05) is 6.07 Å². The molecule has 0 fully saturated rings. The first-order valence-corrected chi connectivity index (χ1v) is 24.9. The van der Waals surface area contributed by atoms with Crippen LogP contribution in [0.25, 0.3) is 55.5 Å². The summed E-state index contributed by atoms with van der Waals surface area (Å²) in [5.41, 5.74) is 23.2. The summed E-state index contributed by atoms with van der Waals surface area (Å²) < 4.78 is 5.85. The molecule has 2 nitrogen and oxygen atoms in total. The molecule has 72 heavy (non-hydrogen) atoms. The normalized spacial score (nSPS) is 13.5. The van der Waals surface area contributed by atoms with Crippen molar-refractivity contribution in [3.8, 4) is 44.5 Å². The van der Waals surface area contributed by atoms with Gasteiger partial charge in [-0.15, -0.1) is 0 Å². The van der Waals surface area contributed by atoms with E-state index in [0.29, 0.717) is 0 Å². The summed E-state index contributed by atoms with van der Waals surface area (Å²) in [4.78, 5) is 2.39. The fourth-order valence-corrected chi connectivity index (χ4v) is 12.4. The number of rotatable bonds is 9. The molecule has 0 atom stereocenters. The van der Waals surface area contributed by atoms with E-state index in [9.17, 15) is 0 Å². The highest BCUT2D eigenvalue weighted by Gasteiger charge is 2.47. The Labute approximate surface area is 420 Å². The van der Waals surface area contributed by atoms with E-state index in [0.717, 1.165) is 39.2 Å². The average molecular weight is 918 g/mol. The van der Waals surface area contributed by atoms with Crippen LogP contribution in [0.5, 0.6) is 0 Å². The molecule has 2 aliphatic rings. The average Bonchev–Trinajstić information content (AvgIpc) is 4.15. The highest BCUT2D eigenvalue weighted by molar-refractivity contribution is 5.93. The zero-order valence-corrected chi connectivity index (χ0v) is 39.5. The molecular formula is C70H47NO. The lowest BCUT2D eigenvalue weighted by molar-refractivity contribution is 0.616. The molecule has 2 aliphatic carbocycles. The van der Waals surface area contributed by atoms with Gasteiger partial charge in [0.2, 0.25) is 0 Å². The monoisotopic (exact) mass is 917 g/mol. The van der Waals surface area contributed by atoms with Gasteiger partial charge in [0.1, 0.15) is 5.58 Å². The van der Waals surface area contributed by atoms with Gasteiger partial charge >= 0.3 is 0 Å². The number of hydrogen-bond donors (Lipinski definition) is 0. The summed E-state index contributed by atoms with van der Waals surface area (Å²) in [6.07, 6.45) is 1.77. The summed E-state index contributed by atoms with van der Waals surface area (Å²) in [5, 5.41) is 1.06. The molecule has 1 heterocycles. The van der Waals surface area contributed by atoms with Gasteiger partial charge in [-0.2, -0.15) is 0 Å². The second kappa shape index (κ2) is 16.7. The molecule has 0 N–H and O–H groups in total. The highest BCUT2D eigenvalue weighted by Crippen LogP contribution is 2.58. The van der Waals surface area contributed by atoms with Crippen molar-refractivity contribution in [3.63, 3.8) is 0 Å². The van der Waals surface area contributed by atoms with Crippen LogP contribution >= 0.6 is 0 Å². The quantitative estimate of drug-likeness (QED) is 0.143. The maximum Gasteiger partial charge on any atom is 0.133 e. The van der Waals surface area contributed by atoms with Gasteiger partial charge in [-0.25, -0.2) is 0 Å².